The molecule has 162 valence electrons. The highest BCUT2D eigenvalue weighted by atomic mass is 16.5. The lowest BCUT2D eigenvalue weighted by Crippen LogP contribution is -2.46. The molecule has 0 aromatic heterocycles. The maximum absolute atomic E-state index is 5.92. The minimum atomic E-state index is -0.126. The average molecular weight is 403 g/mol. The van der Waals surface area contributed by atoms with E-state index in [-0.39, 0.29) is 5.60 Å². The van der Waals surface area contributed by atoms with Crippen molar-refractivity contribution in [1.82, 2.24) is 15.1 Å². The van der Waals surface area contributed by atoms with E-state index < -0.39 is 0 Å². The zero-order chi connectivity index (χ0) is 20.7. The van der Waals surface area contributed by atoms with Crippen molar-refractivity contribution in [3.8, 4) is 0 Å². The van der Waals surface area contributed by atoms with Gasteiger partial charge in [0.1, 0.15) is 0 Å². The quantitative estimate of drug-likeness (QED) is 0.586. The fraction of sp³-hybridized carbons (Fsp3) is 0.696. The molecule has 0 amide bonds. The first-order valence-corrected chi connectivity index (χ1v) is 11.0. The van der Waals surface area contributed by atoms with Gasteiger partial charge in [-0.2, -0.15) is 0 Å². The number of likely N-dealkylation sites (tertiary alicyclic amines) is 1. The molecule has 0 radical (unpaired) electrons. The molecule has 1 aromatic rings. The average Bonchev–Trinajstić information content (AvgIpc) is 3.20. The minimum Gasteiger partial charge on any atom is -0.379 e. The Morgan fingerprint density at radius 3 is 2.69 bits per heavy atom. The Hall–Kier alpha value is -1.63. The lowest BCUT2D eigenvalue weighted by atomic mass is 10.1. The summed E-state index contributed by atoms with van der Waals surface area (Å²) >= 11 is 0. The van der Waals surface area contributed by atoms with E-state index >= 15 is 0 Å². The molecule has 2 aliphatic rings. The Morgan fingerprint density at radius 1 is 1.21 bits per heavy atom. The molecule has 29 heavy (non-hydrogen) atoms. The highest BCUT2D eigenvalue weighted by molar-refractivity contribution is 5.80. The van der Waals surface area contributed by atoms with Gasteiger partial charge in [0.25, 0.3) is 0 Å². The molecule has 0 bridgehead atoms. The van der Waals surface area contributed by atoms with Crippen molar-refractivity contribution in [1.29, 1.82) is 0 Å². The molecule has 6 heteroatoms. The van der Waals surface area contributed by atoms with Crippen LogP contribution in [0.4, 0.5) is 0 Å². The number of aliphatic imine (C=N–C) groups is 1. The van der Waals surface area contributed by atoms with Crippen LogP contribution in [0.5, 0.6) is 0 Å². The second-order valence-corrected chi connectivity index (χ2v) is 8.93. The lowest BCUT2D eigenvalue weighted by Gasteiger charge is -2.32. The van der Waals surface area contributed by atoms with Crippen molar-refractivity contribution in [3.05, 3.63) is 35.4 Å². The predicted octanol–water partition coefficient (Wildman–Crippen LogP) is 2.87. The number of nitrogens with zero attached hydrogens (tertiary/aromatic N) is 3. The summed E-state index contributed by atoms with van der Waals surface area (Å²) in [6.45, 7) is 16.5. The highest BCUT2D eigenvalue weighted by Crippen LogP contribution is 2.18. The van der Waals surface area contributed by atoms with Gasteiger partial charge in [-0.25, -0.2) is 4.99 Å². The van der Waals surface area contributed by atoms with Crippen LogP contribution in [0.3, 0.4) is 0 Å². The first kappa shape index (κ1) is 22.1. The van der Waals surface area contributed by atoms with Crippen LogP contribution < -0.4 is 5.32 Å². The van der Waals surface area contributed by atoms with Crippen LogP contribution >= 0.6 is 0 Å². The molecule has 1 atom stereocenters. The van der Waals surface area contributed by atoms with E-state index in [1.807, 2.05) is 0 Å². The second-order valence-electron chi connectivity index (χ2n) is 8.93. The standard InChI is InChI=1S/C23H38N4O2/c1-5-24-22(27-10-9-21(17-27)26-11-13-28-14-12-26)25-16-19-7-6-8-20(15-19)18-29-23(2,3)4/h6-8,15,21H,5,9-14,16-18H2,1-4H3,(H,24,25). The van der Waals surface area contributed by atoms with E-state index in [0.717, 1.165) is 51.9 Å². The highest BCUT2D eigenvalue weighted by Gasteiger charge is 2.30. The van der Waals surface area contributed by atoms with Crippen LogP contribution in [0.15, 0.2) is 29.3 Å². The molecule has 6 nitrogen and oxygen atoms in total. The topological polar surface area (TPSA) is 49.3 Å². The largest absolute Gasteiger partial charge is 0.379 e. The summed E-state index contributed by atoms with van der Waals surface area (Å²) in [5.74, 6) is 1.03. The summed E-state index contributed by atoms with van der Waals surface area (Å²) in [5, 5.41) is 3.49. The van der Waals surface area contributed by atoms with Crippen LogP contribution in [0.1, 0.15) is 45.2 Å². The van der Waals surface area contributed by atoms with Gasteiger partial charge in [-0.15, -0.1) is 0 Å². The Morgan fingerprint density at radius 2 is 1.97 bits per heavy atom. The van der Waals surface area contributed by atoms with E-state index in [4.69, 9.17) is 14.5 Å². The van der Waals surface area contributed by atoms with E-state index in [9.17, 15) is 0 Å². The maximum Gasteiger partial charge on any atom is 0.194 e. The molecule has 1 N–H and O–H groups in total. The summed E-state index contributed by atoms with van der Waals surface area (Å²) in [5.41, 5.74) is 2.30. The van der Waals surface area contributed by atoms with Gasteiger partial charge < -0.3 is 19.7 Å². The summed E-state index contributed by atoms with van der Waals surface area (Å²) in [7, 11) is 0. The molecular weight excluding hydrogens is 364 g/mol. The first-order valence-electron chi connectivity index (χ1n) is 11.0. The number of ether oxygens (including phenoxy) is 2. The molecule has 3 rings (SSSR count). The van der Waals surface area contributed by atoms with Gasteiger partial charge >= 0.3 is 0 Å². The van der Waals surface area contributed by atoms with Gasteiger partial charge in [0.05, 0.1) is 32.0 Å². The summed E-state index contributed by atoms with van der Waals surface area (Å²) in [6.07, 6.45) is 1.20. The van der Waals surface area contributed by atoms with Crippen molar-refractivity contribution >= 4 is 5.96 Å². The van der Waals surface area contributed by atoms with Crippen molar-refractivity contribution in [2.75, 3.05) is 45.9 Å². The van der Waals surface area contributed by atoms with Gasteiger partial charge in [0, 0.05) is 38.8 Å². The second kappa shape index (κ2) is 10.4. The van der Waals surface area contributed by atoms with Crippen molar-refractivity contribution in [2.24, 2.45) is 4.99 Å². The number of morpholine rings is 1. The third-order valence-corrected chi connectivity index (χ3v) is 5.43. The molecule has 2 aliphatic heterocycles. The summed E-state index contributed by atoms with van der Waals surface area (Å²) < 4.78 is 11.4. The van der Waals surface area contributed by atoms with Crippen LogP contribution in [0, 0.1) is 0 Å². The van der Waals surface area contributed by atoms with Gasteiger partial charge in [-0.3, -0.25) is 4.90 Å². The lowest BCUT2D eigenvalue weighted by molar-refractivity contribution is -0.0149. The number of guanidine groups is 1. The zero-order valence-corrected chi connectivity index (χ0v) is 18.6. The third kappa shape index (κ3) is 6.98. The van der Waals surface area contributed by atoms with Crippen LogP contribution in [-0.4, -0.2) is 73.3 Å². The van der Waals surface area contributed by atoms with Crippen LogP contribution in [0.25, 0.3) is 0 Å². The zero-order valence-electron chi connectivity index (χ0n) is 18.6. The first-order chi connectivity index (χ1) is 13.9. The monoisotopic (exact) mass is 402 g/mol. The molecule has 0 aliphatic carbocycles. The molecule has 1 aromatic carbocycles. The smallest absolute Gasteiger partial charge is 0.194 e. The SMILES string of the molecule is CCNC(=NCc1cccc(COC(C)(C)C)c1)N1CCC(N2CCOCC2)C1. The Balaban J connectivity index is 1.59. The molecule has 0 spiro atoms. The number of benzene rings is 1. The number of hydrogen-bond donors (Lipinski definition) is 1. The molecule has 2 fully saturated rings. The van der Waals surface area contributed by atoms with E-state index in [2.05, 4.69) is 67.1 Å². The Labute approximate surface area is 176 Å². The van der Waals surface area contributed by atoms with Crippen LogP contribution in [0.2, 0.25) is 0 Å². The fourth-order valence-corrected chi connectivity index (χ4v) is 3.88. The van der Waals surface area contributed by atoms with Crippen LogP contribution in [-0.2, 0) is 22.6 Å². The molecular formula is C23H38N4O2. The number of nitrogens with one attached hydrogen (secondary N) is 1. The fourth-order valence-electron chi connectivity index (χ4n) is 3.88. The van der Waals surface area contributed by atoms with Gasteiger partial charge in [0.2, 0.25) is 0 Å². The van der Waals surface area contributed by atoms with Crippen molar-refractivity contribution in [3.63, 3.8) is 0 Å². The van der Waals surface area contributed by atoms with Crippen molar-refractivity contribution < 1.29 is 9.47 Å². The van der Waals surface area contributed by atoms with Gasteiger partial charge in [0.15, 0.2) is 5.96 Å². The normalized spacial score (nSPS) is 21.6. The predicted molar refractivity (Wildman–Crippen MR) is 118 cm³/mol. The molecule has 0 saturated carbocycles. The summed E-state index contributed by atoms with van der Waals surface area (Å²) in [6, 6.07) is 9.19. The Bertz CT molecular complexity index is 665. The van der Waals surface area contributed by atoms with E-state index in [1.165, 1.54) is 17.5 Å². The maximum atomic E-state index is 5.92. The van der Waals surface area contributed by atoms with E-state index in [1.54, 1.807) is 0 Å². The van der Waals surface area contributed by atoms with E-state index in [0.29, 0.717) is 19.2 Å². The van der Waals surface area contributed by atoms with Gasteiger partial charge in [-0.1, -0.05) is 24.3 Å². The molecule has 2 saturated heterocycles. The number of rotatable bonds is 6. The third-order valence-electron chi connectivity index (χ3n) is 5.43. The van der Waals surface area contributed by atoms with Gasteiger partial charge in [-0.05, 0) is 45.2 Å². The molecule has 1 unspecified atom stereocenters. The number of hydrogen-bond acceptors (Lipinski definition) is 4. The minimum absolute atomic E-state index is 0.126. The van der Waals surface area contributed by atoms with Crippen molar-refractivity contribution in [2.45, 2.75) is 58.9 Å². The molecule has 2 heterocycles. The summed E-state index contributed by atoms with van der Waals surface area (Å²) in [4.78, 5) is 9.93. The Kier molecular flexibility index (Phi) is 7.92.